The highest BCUT2D eigenvalue weighted by Gasteiger charge is 2.19. The lowest BCUT2D eigenvalue weighted by molar-refractivity contribution is -0.137. The first-order chi connectivity index (χ1) is 12.1. The molecule has 134 valence electrons. The first-order valence-electron chi connectivity index (χ1n) is 8.08. The first-order valence-corrected chi connectivity index (χ1v) is 9.06. The van der Waals surface area contributed by atoms with Gasteiger partial charge in [-0.05, 0) is 31.0 Å². The number of hydrogen-bond donors (Lipinski definition) is 0. The summed E-state index contributed by atoms with van der Waals surface area (Å²) >= 11 is 1.28. The molecule has 25 heavy (non-hydrogen) atoms. The normalized spacial score (nSPS) is 11.8. The molecule has 0 saturated heterocycles. The standard InChI is InChI=1S/C18H23N3O3S/c1-5-11-21-17(19-20-18(21)25-12-16(22)23-4)13(3)24-15-9-7-14(6-2)8-10-15/h5,7-10,13H,1,6,11-12H2,2-4H3. The number of nitrogens with zero attached hydrogens (tertiary/aromatic N) is 3. The van der Waals surface area contributed by atoms with Gasteiger partial charge in [0.25, 0.3) is 0 Å². The van der Waals surface area contributed by atoms with Gasteiger partial charge >= 0.3 is 5.97 Å². The predicted molar refractivity (Wildman–Crippen MR) is 97.8 cm³/mol. The van der Waals surface area contributed by atoms with Crippen molar-refractivity contribution in [2.45, 2.75) is 38.1 Å². The van der Waals surface area contributed by atoms with E-state index < -0.39 is 0 Å². The van der Waals surface area contributed by atoms with Crippen LogP contribution >= 0.6 is 11.8 Å². The highest BCUT2D eigenvalue weighted by Crippen LogP contribution is 2.25. The molecule has 0 aliphatic heterocycles. The molecule has 1 unspecified atom stereocenters. The average Bonchev–Trinajstić information content (AvgIpc) is 3.03. The fourth-order valence-corrected chi connectivity index (χ4v) is 3.04. The summed E-state index contributed by atoms with van der Waals surface area (Å²) in [4.78, 5) is 11.3. The van der Waals surface area contributed by atoms with Crippen LogP contribution in [0.5, 0.6) is 5.75 Å². The monoisotopic (exact) mass is 361 g/mol. The molecule has 0 fully saturated rings. The molecule has 0 aliphatic carbocycles. The van der Waals surface area contributed by atoms with E-state index in [4.69, 9.17) is 4.74 Å². The van der Waals surface area contributed by atoms with Gasteiger partial charge in [-0.25, -0.2) is 0 Å². The number of esters is 1. The Labute approximate surface area is 152 Å². The van der Waals surface area contributed by atoms with Crippen molar-refractivity contribution < 1.29 is 14.3 Å². The number of methoxy groups -OCH3 is 1. The molecular formula is C18H23N3O3S. The molecule has 6 nitrogen and oxygen atoms in total. The van der Waals surface area contributed by atoms with E-state index in [2.05, 4.69) is 28.4 Å². The van der Waals surface area contributed by atoms with Crippen molar-refractivity contribution >= 4 is 17.7 Å². The molecule has 0 N–H and O–H groups in total. The summed E-state index contributed by atoms with van der Waals surface area (Å²) in [6.45, 7) is 8.35. The molecule has 1 atom stereocenters. The molecule has 0 spiro atoms. The minimum absolute atomic E-state index is 0.180. The van der Waals surface area contributed by atoms with Gasteiger partial charge in [-0.15, -0.1) is 16.8 Å². The van der Waals surface area contributed by atoms with Crippen LogP contribution in [0.4, 0.5) is 0 Å². The lowest BCUT2D eigenvalue weighted by atomic mass is 10.2. The van der Waals surface area contributed by atoms with Crippen LogP contribution in [-0.4, -0.2) is 33.6 Å². The largest absolute Gasteiger partial charge is 0.483 e. The zero-order chi connectivity index (χ0) is 18.2. The fourth-order valence-electron chi connectivity index (χ4n) is 2.25. The van der Waals surface area contributed by atoms with Crippen molar-refractivity contribution in [3.05, 3.63) is 48.3 Å². The van der Waals surface area contributed by atoms with Gasteiger partial charge in [0.1, 0.15) is 5.75 Å². The van der Waals surface area contributed by atoms with E-state index in [0.717, 1.165) is 12.2 Å². The molecule has 1 aromatic carbocycles. The van der Waals surface area contributed by atoms with Gasteiger partial charge in [-0.3, -0.25) is 9.36 Å². The Balaban J connectivity index is 2.14. The highest BCUT2D eigenvalue weighted by atomic mass is 32.2. The number of aromatic nitrogens is 3. The second-order valence-corrected chi connectivity index (χ2v) is 6.30. The van der Waals surface area contributed by atoms with Crippen molar-refractivity contribution in [1.29, 1.82) is 0 Å². The van der Waals surface area contributed by atoms with Gasteiger partial charge < -0.3 is 9.47 Å². The maximum atomic E-state index is 11.3. The van der Waals surface area contributed by atoms with E-state index in [0.29, 0.717) is 17.5 Å². The molecule has 1 heterocycles. The maximum absolute atomic E-state index is 11.3. The zero-order valence-corrected chi connectivity index (χ0v) is 15.6. The number of benzene rings is 1. The van der Waals surface area contributed by atoms with E-state index in [1.165, 1.54) is 24.4 Å². The van der Waals surface area contributed by atoms with E-state index >= 15 is 0 Å². The average molecular weight is 361 g/mol. The summed E-state index contributed by atoms with van der Waals surface area (Å²) in [5.74, 6) is 1.34. The highest BCUT2D eigenvalue weighted by molar-refractivity contribution is 7.99. The van der Waals surface area contributed by atoms with E-state index in [1.54, 1.807) is 6.08 Å². The smallest absolute Gasteiger partial charge is 0.316 e. The van der Waals surface area contributed by atoms with Gasteiger partial charge in [0, 0.05) is 6.54 Å². The molecule has 2 aromatic rings. The molecule has 0 amide bonds. The Hall–Kier alpha value is -2.28. The van der Waals surface area contributed by atoms with Crippen molar-refractivity contribution in [2.24, 2.45) is 0 Å². The maximum Gasteiger partial charge on any atom is 0.316 e. The Morgan fingerprint density at radius 1 is 1.36 bits per heavy atom. The number of thioether (sulfide) groups is 1. The molecule has 0 bridgehead atoms. The molecule has 1 aromatic heterocycles. The van der Waals surface area contributed by atoms with E-state index in [-0.39, 0.29) is 17.8 Å². The summed E-state index contributed by atoms with van der Waals surface area (Å²) in [7, 11) is 1.36. The molecule has 0 saturated carbocycles. The van der Waals surface area contributed by atoms with Crippen LogP contribution in [0.15, 0.2) is 42.1 Å². The van der Waals surface area contributed by atoms with Gasteiger partial charge in [-0.2, -0.15) is 0 Å². The summed E-state index contributed by atoms with van der Waals surface area (Å²) in [6.07, 6.45) is 2.47. The number of carbonyl (C=O) groups excluding carboxylic acids is 1. The third-order valence-electron chi connectivity index (χ3n) is 3.61. The minimum Gasteiger partial charge on any atom is -0.483 e. The van der Waals surface area contributed by atoms with Gasteiger partial charge in [-0.1, -0.05) is 36.9 Å². The second-order valence-electron chi connectivity index (χ2n) is 5.36. The quantitative estimate of drug-likeness (QED) is 0.387. The number of ether oxygens (including phenoxy) is 2. The molecule has 7 heteroatoms. The van der Waals surface area contributed by atoms with Gasteiger partial charge in [0.05, 0.1) is 12.9 Å². The molecule has 0 radical (unpaired) electrons. The Morgan fingerprint density at radius 3 is 2.68 bits per heavy atom. The first kappa shape index (κ1) is 19.1. The van der Waals surface area contributed by atoms with E-state index in [1.807, 2.05) is 35.8 Å². The SMILES string of the molecule is C=CCn1c(SCC(=O)OC)nnc1C(C)Oc1ccc(CC)cc1. The number of aryl methyl sites for hydroxylation is 1. The third-order valence-corrected chi connectivity index (χ3v) is 4.55. The van der Waals surface area contributed by atoms with Crippen molar-refractivity contribution in [3.63, 3.8) is 0 Å². The van der Waals surface area contributed by atoms with Gasteiger partial charge in [0.2, 0.25) is 0 Å². The lowest BCUT2D eigenvalue weighted by Crippen LogP contribution is -2.12. The fraction of sp³-hybridized carbons (Fsp3) is 0.389. The van der Waals surface area contributed by atoms with Crippen LogP contribution in [0.3, 0.4) is 0 Å². The van der Waals surface area contributed by atoms with Crippen LogP contribution in [0.1, 0.15) is 31.3 Å². The van der Waals surface area contributed by atoms with Gasteiger partial charge in [0.15, 0.2) is 17.1 Å². The topological polar surface area (TPSA) is 66.2 Å². The number of hydrogen-bond acceptors (Lipinski definition) is 6. The number of carbonyl (C=O) groups is 1. The number of rotatable bonds is 9. The summed E-state index contributed by atoms with van der Waals surface area (Å²) in [5.41, 5.74) is 1.26. The molecule has 0 aliphatic rings. The zero-order valence-electron chi connectivity index (χ0n) is 14.8. The van der Waals surface area contributed by atoms with E-state index in [9.17, 15) is 4.79 Å². The summed E-state index contributed by atoms with van der Waals surface area (Å²) in [5, 5.41) is 9.04. The Kier molecular flexibility index (Phi) is 7.06. The molecule has 2 rings (SSSR count). The van der Waals surface area contributed by atoms with Crippen molar-refractivity contribution in [2.75, 3.05) is 12.9 Å². The number of allylic oxidation sites excluding steroid dienone is 1. The van der Waals surface area contributed by atoms with Crippen molar-refractivity contribution in [1.82, 2.24) is 14.8 Å². The van der Waals surface area contributed by atoms with Crippen molar-refractivity contribution in [3.8, 4) is 5.75 Å². The van der Waals surface area contributed by atoms with Crippen LogP contribution in [-0.2, 0) is 22.5 Å². The lowest BCUT2D eigenvalue weighted by Gasteiger charge is -2.16. The van der Waals surface area contributed by atoms with Crippen LogP contribution in [0, 0.1) is 0 Å². The Bertz CT molecular complexity index is 713. The van der Waals surface area contributed by atoms with Crippen LogP contribution < -0.4 is 4.74 Å². The van der Waals surface area contributed by atoms with Crippen LogP contribution in [0.2, 0.25) is 0 Å². The third kappa shape index (κ3) is 5.09. The summed E-state index contributed by atoms with van der Waals surface area (Å²) < 4.78 is 12.5. The Morgan fingerprint density at radius 2 is 2.08 bits per heavy atom. The molecular weight excluding hydrogens is 338 g/mol. The second kappa shape index (κ2) is 9.27. The summed E-state index contributed by atoms with van der Waals surface area (Å²) in [6, 6.07) is 8.01. The minimum atomic E-state index is -0.306. The van der Waals surface area contributed by atoms with Crippen LogP contribution in [0.25, 0.3) is 0 Å². The predicted octanol–water partition coefficient (Wildman–Crippen LogP) is 3.43.